The van der Waals surface area contributed by atoms with E-state index >= 15 is 0 Å². The van der Waals surface area contributed by atoms with E-state index in [4.69, 9.17) is 0 Å². The maximum Gasteiger partial charge on any atom is 0.0102 e. The Bertz CT molecular complexity index is 43.8. The van der Waals surface area contributed by atoms with Crippen molar-refractivity contribution in [1.82, 2.24) is 10.4 Å². The predicted octanol–water partition coefficient (Wildman–Crippen LogP) is 0.667. The third-order valence-corrected chi connectivity index (χ3v) is 0.855. The van der Waals surface area contributed by atoms with Crippen LogP contribution < -0.4 is 5.43 Å². The molecule has 0 atom stereocenters. The Balaban J connectivity index is 2.72. The summed E-state index contributed by atoms with van der Waals surface area (Å²) in [4.78, 5) is 0. The summed E-state index contributed by atoms with van der Waals surface area (Å²) in [5.74, 6) is 0. The van der Waals surface area contributed by atoms with E-state index in [-0.39, 0.29) is 0 Å². The molecule has 0 aromatic heterocycles. The van der Waals surface area contributed by atoms with Crippen molar-refractivity contribution in [2.45, 2.75) is 12.8 Å². The fourth-order valence-corrected chi connectivity index (χ4v) is 0.428. The molecule has 0 heterocycles. The highest BCUT2D eigenvalue weighted by atomic mass is 15.5. The summed E-state index contributed by atoms with van der Waals surface area (Å²) in [7, 11) is 3.98. The Morgan fingerprint density at radius 2 is 2.12 bits per heavy atom. The first kappa shape index (κ1) is 7.92. The monoisotopic (exact) mass is 115 g/mol. The van der Waals surface area contributed by atoms with Crippen molar-refractivity contribution in [2.75, 3.05) is 20.6 Å². The number of hydrazine groups is 1. The standard InChI is InChI=1S/C6H15N2/c1-4-5-6-7-8(2)3/h7H,1,4-6H2,2-3H3. The van der Waals surface area contributed by atoms with E-state index in [0.717, 1.165) is 19.4 Å². The summed E-state index contributed by atoms with van der Waals surface area (Å²) in [5.41, 5.74) is 3.14. The van der Waals surface area contributed by atoms with Crippen molar-refractivity contribution in [3.8, 4) is 0 Å². The molecule has 8 heavy (non-hydrogen) atoms. The first-order valence-corrected chi connectivity index (χ1v) is 2.97. The molecule has 2 nitrogen and oxygen atoms in total. The second-order valence-corrected chi connectivity index (χ2v) is 2.01. The molecule has 2 heteroatoms. The maximum absolute atomic E-state index is 3.72. The van der Waals surface area contributed by atoms with E-state index in [1.807, 2.05) is 19.1 Å². The SMILES string of the molecule is [CH2]CCCNN(C)C. The lowest BCUT2D eigenvalue weighted by Gasteiger charge is -2.09. The van der Waals surface area contributed by atoms with Crippen LogP contribution in [0.2, 0.25) is 0 Å². The third kappa shape index (κ3) is 5.92. The average molecular weight is 115 g/mol. The summed E-state index contributed by atoms with van der Waals surface area (Å²) in [5, 5.41) is 1.95. The number of nitrogens with zero attached hydrogens (tertiary/aromatic N) is 1. The van der Waals surface area contributed by atoms with Gasteiger partial charge in [-0.15, -0.1) is 0 Å². The first-order chi connectivity index (χ1) is 3.77. The van der Waals surface area contributed by atoms with Crippen molar-refractivity contribution in [3.63, 3.8) is 0 Å². The molecule has 0 aromatic carbocycles. The lowest BCUT2D eigenvalue weighted by atomic mass is 10.3. The van der Waals surface area contributed by atoms with E-state index in [2.05, 4.69) is 12.3 Å². The van der Waals surface area contributed by atoms with Gasteiger partial charge in [0, 0.05) is 20.6 Å². The van der Waals surface area contributed by atoms with E-state index in [1.165, 1.54) is 0 Å². The van der Waals surface area contributed by atoms with Crippen LogP contribution >= 0.6 is 0 Å². The summed E-state index contributed by atoms with van der Waals surface area (Å²) < 4.78 is 0. The molecule has 0 saturated carbocycles. The highest BCUT2D eigenvalue weighted by molar-refractivity contribution is 4.43. The van der Waals surface area contributed by atoms with Crippen molar-refractivity contribution in [3.05, 3.63) is 6.92 Å². The minimum absolute atomic E-state index is 1.01. The van der Waals surface area contributed by atoms with Crippen LogP contribution in [0, 0.1) is 6.92 Å². The van der Waals surface area contributed by atoms with E-state index < -0.39 is 0 Å². The lowest BCUT2D eigenvalue weighted by Crippen LogP contribution is -2.30. The summed E-state index contributed by atoms with van der Waals surface area (Å²) in [6.45, 7) is 4.76. The zero-order chi connectivity index (χ0) is 6.41. The Morgan fingerprint density at radius 1 is 1.50 bits per heavy atom. The van der Waals surface area contributed by atoms with Gasteiger partial charge in [0.05, 0.1) is 0 Å². The zero-order valence-corrected chi connectivity index (χ0v) is 5.78. The minimum atomic E-state index is 1.01. The van der Waals surface area contributed by atoms with Crippen LogP contribution in [0.1, 0.15) is 12.8 Å². The van der Waals surface area contributed by atoms with Crippen LogP contribution in [0.4, 0.5) is 0 Å². The normalized spacial score (nSPS) is 10.5. The average Bonchev–Trinajstić information content (AvgIpc) is 1.66. The molecular weight excluding hydrogens is 100 g/mol. The second kappa shape index (κ2) is 5.06. The highest BCUT2D eigenvalue weighted by Crippen LogP contribution is 1.80. The number of hydrogen-bond acceptors (Lipinski definition) is 2. The van der Waals surface area contributed by atoms with Crippen molar-refractivity contribution >= 4 is 0 Å². The highest BCUT2D eigenvalue weighted by Gasteiger charge is 1.83. The molecule has 0 amide bonds. The van der Waals surface area contributed by atoms with Gasteiger partial charge in [-0.2, -0.15) is 0 Å². The molecule has 0 bridgehead atoms. The van der Waals surface area contributed by atoms with Gasteiger partial charge >= 0.3 is 0 Å². The minimum Gasteiger partial charge on any atom is -0.256 e. The largest absolute Gasteiger partial charge is 0.256 e. The molecule has 0 rings (SSSR count). The molecule has 1 radical (unpaired) electrons. The predicted molar refractivity (Wildman–Crippen MR) is 36.3 cm³/mol. The molecule has 0 aliphatic rings. The van der Waals surface area contributed by atoms with Crippen LogP contribution in [-0.4, -0.2) is 25.6 Å². The van der Waals surface area contributed by atoms with Crippen LogP contribution in [-0.2, 0) is 0 Å². The van der Waals surface area contributed by atoms with Crippen LogP contribution in [0.5, 0.6) is 0 Å². The van der Waals surface area contributed by atoms with Gasteiger partial charge in [-0.05, 0) is 6.42 Å². The van der Waals surface area contributed by atoms with Crippen LogP contribution in [0.25, 0.3) is 0 Å². The zero-order valence-electron chi connectivity index (χ0n) is 5.78. The lowest BCUT2D eigenvalue weighted by molar-refractivity contribution is 0.288. The molecule has 49 valence electrons. The van der Waals surface area contributed by atoms with Gasteiger partial charge in [0.25, 0.3) is 0 Å². The molecule has 0 unspecified atom stereocenters. The Morgan fingerprint density at radius 3 is 2.50 bits per heavy atom. The van der Waals surface area contributed by atoms with Crippen molar-refractivity contribution < 1.29 is 0 Å². The Hall–Kier alpha value is -0.0800. The van der Waals surface area contributed by atoms with Gasteiger partial charge < -0.3 is 0 Å². The molecule has 0 spiro atoms. The van der Waals surface area contributed by atoms with Gasteiger partial charge in [-0.3, -0.25) is 10.4 Å². The molecule has 0 fully saturated rings. The third-order valence-electron chi connectivity index (χ3n) is 0.855. The molecule has 0 aliphatic heterocycles. The fraction of sp³-hybridized carbons (Fsp3) is 0.833. The molecule has 0 saturated heterocycles. The van der Waals surface area contributed by atoms with Gasteiger partial charge in [0.2, 0.25) is 0 Å². The van der Waals surface area contributed by atoms with Crippen LogP contribution in [0.3, 0.4) is 0 Å². The molecule has 0 aromatic rings. The topological polar surface area (TPSA) is 15.3 Å². The van der Waals surface area contributed by atoms with E-state index in [1.54, 1.807) is 0 Å². The number of unbranched alkanes of at least 4 members (excludes halogenated alkanes) is 1. The summed E-state index contributed by atoms with van der Waals surface area (Å²) in [6.07, 6.45) is 2.17. The molecule has 1 N–H and O–H groups in total. The van der Waals surface area contributed by atoms with E-state index in [9.17, 15) is 0 Å². The fourth-order valence-electron chi connectivity index (χ4n) is 0.428. The molecular formula is C6H15N2. The van der Waals surface area contributed by atoms with Gasteiger partial charge in [-0.25, -0.2) is 0 Å². The van der Waals surface area contributed by atoms with Gasteiger partial charge in [0.1, 0.15) is 0 Å². The van der Waals surface area contributed by atoms with Crippen LogP contribution in [0.15, 0.2) is 0 Å². The summed E-state index contributed by atoms with van der Waals surface area (Å²) in [6, 6.07) is 0. The Kier molecular flexibility index (Phi) is 5.01. The van der Waals surface area contributed by atoms with Crippen molar-refractivity contribution in [2.24, 2.45) is 0 Å². The molecule has 0 aliphatic carbocycles. The van der Waals surface area contributed by atoms with Crippen molar-refractivity contribution in [1.29, 1.82) is 0 Å². The van der Waals surface area contributed by atoms with Gasteiger partial charge in [0.15, 0.2) is 0 Å². The number of hydrogen-bond donors (Lipinski definition) is 1. The quantitative estimate of drug-likeness (QED) is 0.428. The second-order valence-electron chi connectivity index (χ2n) is 2.01. The summed E-state index contributed by atoms with van der Waals surface area (Å²) >= 11 is 0. The first-order valence-electron chi connectivity index (χ1n) is 2.97. The Labute approximate surface area is 51.8 Å². The number of nitrogens with one attached hydrogen (secondary N) is 1. The number of rotatable bonds is 4. The van der Waals surface area contributed by atoms with E-state index in [0.29, 0.717) is 0 Å². The van der Waals surface area contributed by atoms with Gasteiger partial charge in [-0.1, -0.05) is 13.3 Å². The smallest absolute Gasteiger partial charge is 0.0102 e. The maximum atomic E-state index is 3.72.